The molecular weight excluding hydrogens is 250 g/mol. The quantitative estimate of drug-likeness (QED) is 0.742. The number of likely N-dealkylation sites (tertiary alicyclic amines) is 1. The zero-order chi connectivity index (χ0) is 14.6. The van der Waals surface area contributed by atoms with E-state index in [0.29, 0.717) is 13.0 Å². The predicted octanol–water partition coefficient (Wildman–Crippen LogP) is 0.112. The number of urea groups is 1. The number of carbonyl (C=O) groups excluding carboxylic acids is 2. The van der Waals surface area contributed by atoms with E-state index in [1.165, 1.54) is 11.9 Å². The molecule has 1 unspecified atom stereocenters. The van der Waals surface area contributed by atoms with Crippen molar-refractivity contribution in [3.8, 4) is 0 Å². The van der Waals surface area contributed by atoms with E-state index in [2.05, 4.69) is 5.32 Å². The SMILES string of the molecule is CC(C)N1CC(NC(=O)N(C)CCC(=O)O)CC1=O. The lowest BCUT2D eigenvalue weighted by Gasteiger charge is -2.22. The number of carboxylic acid groups (broad SMARTS) is 1. The lowest BCUT2D eigenvalue weighted by molar-refractivity contribution is -0.137. The number of aliphatic carboxylic acids is 1. The second-order valence-electron chi connectivity index (χ2n) is 5.06. The molecule has 7 heteroatoms. The zero-order valence-electron chi connectivity index (χ0n) is 11.5. The van der Waals surface area contributed by atoms with Gasteiger partial charge < -0.3 is 20.2 Å². The highest BCUT2D eigenvalue weighted by Gasteiger charge is 2.32. The van der Waals surface area contributed by atoms with Crippen LogP contribution in [0.4, 0.5) is 4.79 Å². The summed E-state index contributed by atoms with van der Waals surface area (Å²) in [7, 11) is 1.54. The highest BCUT2D eigenvalue weighted by Crippen LogP contribution is 2.14. The second kappa shape index (κ2) is 6.40. The van der Waals surface area contributed by atoms with Gasteiger partial charge >= 0.3 is 12.0 Å². The van der Waals surface area contributed by atoms with Crippen LogP contribution in [0.3, 0.4) is 0 Å². The summed E-state index contributed by atoms with van der Waals surface area (Å²) >= 11 is 0. The topological polar surface area (TPSA) is 90.0 Å². The van der Waals surface area contributed by atoms with Gasteiger partial charge in [-0.15, -0.1) is 0 Å². The maximum absolute atomic E-state index is 11.8. The van der Waals surface area contributed by atoms with E-state index in [1.807, 2.05) is 13.8 Å². The van der Waals surface area contributed by atoms with Crippen molar-refractivity contribution in [3.63, 3.8) is 0 Å². The van der Waals surface area contributed by atoms with Crippen molar-refractivity contribution in [1.29, 1.82) is 0 Å². The standard InChI is InChI=1S/C12H21N3O4/c1-8(2)15-7-9(6-10(15)16)13-12(19)14(3)5-4-11(17)18/h8-9H,4-7H2,1-3H3,(H,13,19)(H,17,18). The van der Waals surface area contributed by atoms with Crippen LogP contribution in [0, 0.1) is 0 Å². The Balaban J connectivity index is 2.41. The average molecular weight is 271 g/mol. The molecular formula is C12H21N3O4. The van der Waals surface area contributed by atoms with E-state index in [4.69, 9.17) is 5.11 Å². The smallest absolute Gasteiger partial charge is 0.317 e. The molecule has 7 nitrogen and oxygen atoms in total. The van der Waals surface area contributed by atoms with E-state index in [-0.39, 0.29) is 37.0 Å². The van der Waals surface area contributed by atoms with Crippen LogP contribution in [-0.2, 0) is 9.59 Å². The molecule has 0 aromatic carbocycles. The number of nitrogens with zero attached hydrogens (tertiary/aromatic N) is 2. The summed E-state index contributed by atoms with van der Waals surface area (Å²) < 4.78 is 0. The molecule has 1 aliphatic rings. The minimum Gasteiger partial charge on any atom is -0.481 e. The van der Waals surface area contributed by atoms with E-state index in [9.17, 15) is 14.4 Å². The van der Waals surface area contributed by atoms with Crippen molar-refractivity contribution in [3.05, 3.63) is 0 Å². The van der Waals surface area contributed by atoms with Gasteiger partial charge in [-0.05, 0) is 13.8 Å². The summed E-state index contributed by atoms with van der Waals surface area (Å²) in [6.45, 7) is 4.52. The van der Waals surface area contributed by atoms with Crippen LogP contribution in [0.25, 0.3) is 0 Å². The fourth-order valence-corrected chi connectivity index (χ4v) is 1.98. The van der Waals surface area contributed by atoms with Gasteiger partial charge in [-0.1, -0.05) is 0 Å². The first-order chi connectivity index (χ1) is 8.81. The number of carboxylic acids is 1. The molecule has 1 rings (SSSR count). The number of hydrogen-bond acceptors (Lipinski definition) is 3. The Morgan fingerprint density at radius 1 is 1.53 bits per heavy atom. The minimum absolute atomic E-state index is 0.0356. The molecule has 0 spiro atoms. The van der Waals surface area contributed by atoms with Crippen LogP contribution in [0.2, 0.25) is 0 Å². The summed E-state index contributed by atoms with van der Waals surface area (Å²) in [5.41, 5.74) is 0. The number of amides is 3. The molecule has 1 aliphatic heterocycles. The van der Waals surface area contributed by atoms with Crippen molar-refractivity contribution < 1.29 is 19.5 Å². The average Bonchev–Trinajstić information content (AvgIpc) is 2.67. The Bertz CT molecular complexity index is 370. The molecule has 0 saturated carbocycles. The Morgan fingerprint density at radius 2 is 2.16 bits per heavy atom. The van der Waals surface area contributed by atoms with Crippen LogP contribution in [0.15, 0.2) is 0 Å². The summed E-state index contributed by atoms with van der Waals surface area (Å²) in [4.78, 5) is 36.9. The Labute approximate surface area is 112 Å². The summed E-state index contributed by atoms with van der Waals surface area (Å²) in [6, 6.07) is -0.418. The molecule has 2 N–H and O–H groups in total. The third-order valence-electron chi connectivity index (χ3n) is 3.12. The molecule has 0 radical (unpaired) electrons. The lowest BCUT2D eigenvalue weighted by Crippen LogP contribution is -2.45. The van der Waals surface area contributed by atoms with Crippen molar-refractivity contribution in [2.45, 2.75) is 38.8 Å². The molecule has 1 saturated heterocycles. The molecule has 1 fully saturated rings. The van der Waals surface area contributed by atoms with Crippen LogP contribution in [0.1, 0.15) is 26.7 Å². The van der Waals surface area contributed by atoms with E-state index < -0.39 is 5.97 Å². The first kappa shape index (κ1) is 15.3. The van der Waals surface area contributed by atoms with Crippen LogP contribution >= 0.6 is 0 Å². The number of carbonyl (C=O) groups is 3. The maximum Gasteiger partial charge on any atom is 0.317 e. The third kappa shape index (κ3) is 4.42. The molecule has 108 valence electrons. The molecule has 3 amide bonds. The van der Waals surface area contributed by atoms with Gasteiger partial charge in [0, 0.05) is 32.6 Å². The van der Waals surface area contributed by atoms with Crippen LogP contribution in [0.5, 0.6) is 0 Å². The molecule has 0 aromatic heterocycles. The van der Waals surface area contributed by atoms with Crippen molar-refractivity contribution >= 4 is 17.9 Å². The van der Waals surface area contributed by atoms with Gasteiger partial charge in [0.05, 0.1) is 12.5 Å². The highest BCUT2D eigenvalue weighted by molar-refractivity contribution is 5.82. The predicted molar refractivity (Wildman–Crippen MR) is 68.7 cm³/mol. The van der Waals surface area contributed by atoms with Gasteiger partial charge in [0.1, 0.15) is 0 Å². The van der Waals surface area contributed by atoms with Crippen LogP contribution in [-0.4, -0.2) is 65.0 Å². The van der Waals surface area contributed by atoms with Gasteiger partial charge in [0.2, 0.25) is 5.91 Å². The number of hydrogen-bond donors (Lipinski definition) is 2. The summed E-state index contributed by atoms with van der Waals surface area (Å²) in [5.74, 6) is -0.907. The largest absolute Gasteiger partial charge is 0.481 e. The van der Waals surface area contributed by atoms with E-state index >= 15 is 0 Å². The van der Waals surface area contributed by atoms with Crippen molar-refractivity contribution in [1.82, 2.24) is 15.1 Å². The van der Waals surface area contributed by atoms with Gasteiger partial charge in [0.25, 0.3) is 0 Å². The van der Waals surface area contributed by atoms with Gasteiger partial charge in [0.15, 0.2) is 0 Å². The van der Waals surface area contributed by atoms with E-state index in [1.54, 1.807) is 4.90 Å². The summed E-state index contributed by atoms with van der Waals surface area (Å²) in [5, 5.41) is 11.3. The Hall–Kier alpha value is -1.79. The molecule has 1 atom stereocenters. The first-order valence-electron chi connectivity index (χ1n) is 6.34. The number of nitrogens with one attached hydrogen (secondary N) is 1. The molecule has 0 aromatic rings. The maximum atomic E-state index is 11.8. The summed E-state index contributed by atoms with van der Waals surface area (Å²) in [6.07, 6.45) is 0.211. The normalized spacial score (nSPS) is 18.8. The first-order valence-corrected chi connectivity index (χ1v) is 6.34. The van der Waals surface area contributed by atoms with Gasteiger partial charge in [-0.3, -0.25) is 9.59 Å². The highest BCUT2D eigenvalue weighted by atomic mass is 16.4. The van der Waals surface area contributed by atoms with Gasteiger partial charge in [-0.25, -0.2) is 4.79 Å². The minimum atomic E-state index is -0.943. The zero-order valence-corrected chi connectivity index (χ0v) is 11.5. The van der Waals surface area contributed by atoms with Gasteiger partial charge in [-0.2, -0.15) is 0 Å². The fraction of sp³-hybridized carbons (Fsp3) is 0.750. The number of rotatable bonds is 5. The fourth-order valence-electron chi connectivity index (χ4n) is 1.98. The monoisotopic (exact) mass is 271 g/mol. The Morgan fingerprint density at radius 3 is 2.63 bits per heavy atom. The van der Waals surface area contributed by atoms with Crippen LogP contribution < -0.4 is 5.32 Å². The molecule has 0 aliphatic carbocycles. The Kier molecular flexibility index (Phi) is 5.14. The molecule has 0 bridgehead atoms. The van der Waals surface area contributed by atoms with Crippen molar-refractivity contribution in [2.75, 3.05) is 20.1 Å². The second-order valence-corrected chi connectivity index (χ2v) is 5.06. The third-order valence-corrected chi connectivity index (χ3v) is 3.12. The molecule has 19 heavy (non-hydrogen) atoms. The lowest BCUT2D eigenvalue weighted by atomic mass is 10.2. The van der Waals surface area contributed by atoms with E-state index in [0.717, 1.165) is 0 Å². The molecule has 1 heterocycles. The van der Waals surface area contributed by atoms with Crippen molar-refractivity contribution in [2.24, 2.45) is 0 Å².